The van der Waals surface area contributed by atoms with Gasteiger partial charge in [-0.2, -0.15) is 0 Å². The molecule has 1 aliphatic heterocycles. The van der Waals surface area contributed by atoms with Crippen molar-refractivity contribution in [1.82, 2.24) is 9.62 Å². The van der Waals surface area contributed by atoms with Gasteiger partial charge in [-0.15, -0.1) is 0 Å². The highest BCUT2D eigenvalue weighted by molar-refractivity contribution is 7.89. The van der Waals surface area contributed by atoms with E-state index in [0.717, 1.165) is 6.07 Å². The standard InChI is InChI=1S/C16H22N2O7S/c1-11-9-18(6-7-24-11)15(19)10-25-16(20)12-4-5-13(23-3)14(8-12)26(21,22)17-2/h4-5,8,11,17H,6-7,9-10H2,1-3H3. The Morgan fingerprint density at radius 3 is 2.73 bits per heavy atom. The molecule has 1 N–H and O–H groups in total. The number of carbonyl (C=O) groups is 2. The van der Waals surface area contributed by atoms with E-state index >= 15 is 0 Å². The summed E-state index contributed by atoms with van der Waals surface area (Å²) in [5.41, 5.74) is 0.00257. The number of nitrogens with zero attached hydrogens (tertiary/aromatic N) is 1. The van der Waals surface area contributed by atoms with Crippen molar-refractivity contribution in [2.75, 3.05) is 40.5 Å². The van der Waals surface area contributed by atoms with E-state index in [-0.39, 0.29) is 28.2 Å². The maximum atomic E-state index is 12.2. The molecule has 26 heavy (non-hydrogen) atoms. The molecule has 1 saturated heterocycles. The molecule has 1 aromatic carbocycles. The molecule has 1 heterocycles. The van der Waals surface area contributed by atoms with Crippen LogP contribution >= 0.6 is 0 Å². The van der Waals surface area contributed by atoms with E-state index in [2.05, 4.69) is 4.72 Å². The number of ether oxygens (including phenoxy) is 3. The monoisotopic (exact) mass is 386 g/mol. The largest absolute Gasteiger partial charge is 0.495 e. The van der Waals surface area contributed by atoms with Crippen molar-refractivity contribution in [2.24, 2.45) is 0 Å². The smallest absolute Gasteiger partial charge is 0.338 e. The van der Waals surface area contributed by atoms with E-state index in [1.165, 1.54) is 26.3 Å². The van der Waals surface area contributed by atoms with Crippen molar-refractivity contribution in [3.8, 4) is 5.75 Å². The second kappa shape index (κ2) is 8.47. The molecule has 1 aliphatic rings. The van der Waals surface area contributed by atoms with E-state index in [1.54, 1.807) is 4.90 Å². The van der Waals surface area contributed by atoms with Crippen LogP contribution in [-0.2, 0) is 24.3 Å². The van der Waals surface area contributed by atoms with Gasteiger partial charge in [-0.1, -0.05) is 0 Å². The Hall–Kier alpha value is -2.17. The number of morpholine rings is 1. The van der Waals surface area contributed by atoms with Crippen LogP contribution in [0.5, 0.6) is 5.75 Å². The van der Waals surface area contributed by atoms with Gasteiger partial charge in [-0.05, 0) is 32.2 Å². The summed E-state index contributed by atoms with van der Waals surface area (Å²) in [6, 6.07) is 3.87. The average molecular weight is 386 g/mol. The Balaban J connectivity index is 2.07. The molecule has 144 valence electrons. The summed E-state index contributed by atoms with van der Waals surface area (Å²) in [4.78, 5) is 25.7. The molecule has 0 radical (unpaired) electrons. The molecule has 0 bridgehead atoms. The molecule has 1 amide bonds. The molecular formula is C16H22N2O7S. The van der Waals surface area contributed by atoms with Gasteiger partial charge < -0.3 is 19.1 Å². The molecular weight excluding hydrogens is 364 g/mol. The number of rotatable bonds is 6. The summed E-state index contributed by atoms with van der Waals surface area (Å²) in [7, 11) is -1.25. The predicted molar refractivity (Wildman–Crippen MR) is 91.5 cm³/mol. The van der Waals surface area contributed by atoms with E-state index < -0.39 is 22.6 Å². The number of benzene rings is 1. The minimum Gasteiger partial charge on any atom is -0.495 e. The zero-order valence-corrected chi connectivity index (χ0v) is 15.7. The molecule has 1 aromatic rings. The normalized spacial score (nSPS) is 17.7. The minimum absolute atomic E-state index is 0.00257. The fourth-order valence-electron chi connectivity index (χ4n) is 2.47. The van der Waals surface area contributed by atoms with Crippen LogP contribution in [0.1, 0.15) is 17.3 Å². The maximum Gasteiger partial charge on any atom is 0.338 e. The summed E-state index contributed by atoms with van der Waals surface area (Å²) >= 11 is 0. The highest BCUT2D eigenvalue weighted by Crippen LogP contribution is 2.25. The van der Waals surface area contributed by atoms with E-state index in [9.17, 15) is 18.0 Å². The van der Waals surface area contributed by atoms with Crippen molar-refractivity contribution in [2.45, 2.75) is 17.9 Å². The van der Waals surface area contributed by atoms with Gasteiger partial charge in [0.05, 0.1) is 25.4 Å². The molecule has 0 aliphatic carbocycles. The first-order chi connectivity index (χ1) is 12.3. The van der Waals surface area contributed by atoms with Crippen molar-refractivity contribution >= 4 is 21.9 Å². The number of nitrogens with one attached hydrogen (secondary N) is 1. The zero-order valence-electron chi connectivity index (χ0n) is 14.9. The molecule has 0 spiro atoms. The van der Waals surface area contributed by atoms with Crippen LogP contribution in [0.25, 0.3) is 0 Å². The summed E-state index contributed by atoms with van der Waals surface area (Å²) in [6.07, 6.45) is -0.0701. The topological polar surface area (TPSA) is 111 Å². The minimum atomic E-state index is -3.82. The quantitative estimate of drug-likeness (QED) is 0.686. The third-order valence-corrected chi connectivity index (χ3v) is 5.31. The van der Waals surface area contributed by atoms with Crippen LogP contribution in [0.15, 0.2) is 23.1 Å². The van der Waals surface area contributed by atoms with Gasteiger partial charge in [0.15, 0.2) is 6.61 Å². The van der Waals surface area contributed by atoms with Crippen molar-refractivity contribution < 1.29 is 32.2 Å². The fourth-order valence-corrected chi connectivity index (χ4v) is 3.39. The van der Waals surface area contributed by atoms with Crippen molar-refractivity contribution in [3.63, 3.8) is 0 Å². The fraction of sp³-hybridized carbons (Fsp3) is 0.500. The van der Waals surface area contributed by atoms with Gasteiger partial charge in [0.25, 0.3) is 5.91 Å². The lowest BCUT2D eigenvalue weighted by Gasteiger charge is -2.30. The lowest BCUT2D eigenvalue weighted by Crippen LogP contribution is -2.46. The van der Waals surface area contributed by atoms with Gasteiger partial charge in [0.2, 0.25) is 10.0 Å². The van der Waals surface area contributed by atoms with Gasteiger partial charge in [-0.3, -0.25) is 4.79 Å². The van der Waals surface area contributed by atoms with Crippen LogP contribution in [0.3, 0.4) is 0 Å². The average Bonchev–Trinajstić information content (AvgIpc) is 2.65. The predicted octanol–water partition coefficient (Wildman–Crippen LogP) is 0.00740. The second-order valence-electron chi connectivity index (χ2n) is 5.67. The number of hydrogen-bond donors (Lipinski definition) is 1. The highest BCUT2D eigenvalue weighted by Gasteiger charge is 2.24. The number of sulfonamides is 1. The van der Waals surface area contributed by atoms with E-state index in [0.29, 0.717) is 19.7 Å². The van der Waals surface area contributed by atoms with Crippen molar-refractivity contribution in [1.29, 1.82) is 0 Å². The van der Waals surface area contributed by atoms with Crippen molar-refractivity contribution in [3.05, 3.63) is 23.8 Å². The highest BCUT2D eigenvalue weighted by atomic mass is 32.2. The number of methoxy groups -OCH3 is 1. The van der Waals surface area contributed by atoms with Crippen LogP contribution in [0, 0.1) is 0 Å². The maximum absolute atomic E-state index is 12.2. The molecule has 9 nitrogen and oxygen atoms in total. The number of esters is 1. The third-order valence-electron chi connectivity index (χ3n) is 3.88. The number of carbonyl (C=O) groups excluding carboxylic acids is 2. The molecule has 1 fully saturated rings. The van der Waals surface area contributed by atoms with Gasteiger partial charge in [0.1, 0.15) is 10.6 Å². The lowest BCUT2D eigenvalue weighted by molar-refractivity contribution is -0.141. The molecule has 0 saturated carbocycles. The summed E-state index contributed by atoms with van der Waals surface area (Å²) in [5, 5.41) is 0. The molecule has 1 atom stereocenters. The van der Waals surface area contributed by atoms with Gasteiger partial charge in [0, 0.05) is 13.1 Å². The molecule has 0 aromatic heterocycles. The first kappa shape index (κ1) is 20.1. The Bertz CT molecular complexity index is 779. The first-order valence-electron chi connectivity index (χ1n) is 7.96. The second-order valence-corrected chi connectivity index (χ2v) is 7.53. The van der Waals surface area contributed by atoms with E-state index in [1.807, 2.05) is 6.92 Å². The first-order valence-corrected chi connectivity index (χ1v) is 9.45. The Morgan fingerprint density at radius 1 is 1.38 bits per heavy atom. The number of hydrogen-bond acceptors (Lipinski definition) is 7. The Kier molecular flexibility index (Phi) is 6.57. The van der Waals surface area contributed by atoms with Crippen LogP contribution in [0.4, 0.5) is 0 Å². The summed E-state index contributed by atoms with van der Waals surface area (Å²) in [5.74, 6) is -1.03. The molecule has 10 heteroatoms. The Morgan fingerprint density at radius 2 is 2.12 bits per heavy atom. The van der Waals surface area contributed by atoms with Gasteiger partial charge >= 0.3 is 5.97 Å². The van der Waals surface area contributed by atoms with Gasteiger partial charge in [-0.25, -0.2) is 17.9 Å². The summed E-state index contributed by atoms with van der Waals surface area (Å²) < 4.78 is 41.6. The molecule has 2 rings (SSSR count). The number of amides is 1. The molecule has 1 unspecified atom stereocenters. The van der Waals surface area contributed by atoms with Crippen LogP contribution in [-0.4, -0.2) is 71.8 Å². The van der Waals surface area contributed by atoms with Crippen LogP contribution in [0.2, 0.25) is 0 Å². The lowest BCUT2D eigenvalue weighted by atomic mass is 10.2. The SMILES string of the molecule is CNS(=O)(=O)c1cc(C(=O)OCC(=O)N2CCOC(C)C2)ccc1OC. The summed E-state index contributed by atoms with van der Waals surface area (Å²) in [6.45, 7) is 2.74. The van der Waals surface area contributed by atoms with E-state index in [4.69, 9.17) is 14.2 Å². The third kappa shape index (κ3) is 4.71. The van der Waals surface area contributed by atoms with Crippen LogP contribution < -0.4 is 9.46 Å². The Labute approximate surface area is 152 Å². The zero-order chi connectivity index (χ0) is 19.3.